The van der Waals surface area contributed by atoms with Crippen molar-refractivity contribution in [2.45, 2.75) is 62.3 Å². The van der Waals surface area contributed by atoms with Crippen LogP contribution in [0.15, 0.2) is 59.5 Å². The molecule has 2 fully saturated rings. The van der Waals surface area contributed by atoms with Crippen molar-refractivity contribution in [3.63, 3.8) is 0 Å². The smallest absolute Gasteiger partial charge is 0.220 e. The van der Waals surface area contributed by atoms with Crippen LogP contribution < -0.4 is 10.2 Å². The van der Waals surface area contributed by atoms with Gasteiger partial charge in [-0.15, -0.1) is 11.8 Å². The molecular formula is C30H41N3OS. The number of unbranched alkanes of at least 4 members (excludes halogenated alkanes) is 2. The molecule has 0 spiro atoms. The number of carbonyl (C=O) groups excluding carboxylic acids is 1. The van der Waals surface area contributed by atoms with Gasteiger partial charge in [0, 0.05) is 48.9 Å². The molecule has 4 nitrogen and oxygen atoms in total. The van der Waals surface area contributed by atoms with Gasteiger partial charge >= 0.3 is 0 Å². The Kier molecular flexibility index (Phi) is 8.69. The maximum absolute atomic E-state index is 13.0. The first-order chi connectivity index (χ1) is 17.3. The molecule has 3 atom stereocenters. The number of piperazine rings is 1. The van der Waals surface area contributed by atoms with Crippen LogP contribution in [0.25, 0.3) is 0 Å². The number of rotatable bonds is 8. The second-order valence-corrected chi connectivity index (χ2v) is 11.6. The highest BCUT2D eigenvalue weighted by Gasteiger charge is 2.36. The Hall–Kier alpha value is -1.98. The molecule has 0 bridgehead atoms. The van der Waals surface area contributed by atoms with Gasteiger partial charge in [-0.2, -0.15) is 0 Å². The van der Waals surface area contributed by atoms with Crippen molar-refractivity contribution in [3.05, 3.63) is 60.2 Å². The molecule has 5 heteroatoms. The highest BCUT2D eigenvalue weighted by Crippen LogP contribution is 2.46. The van der Waals surface area contributed by atoms with Crippen molar-refractivity contribution in [1.29, 1.82) is 0 Å². The molecule has 188 valence electrons. The van der Waals surface area contributed by atoms with Gasteiger partial charge in [0.05, 0.1) is 6.04 Å². The number of amides is 1. The maximum Gasteiger partial charge on any atom is 0.220 e. The molecule has 2 aliphatic heterocycles. The molecule has 5 rings (SSSR count). The van der Waals surface area contributed by atoms with E-state index >= 15 is 0 Å². The molecule has 2 aromatic carbocycles. The van der Waals surface area contributed by atoms with Crippen LogP contribution in [-0.4, -0.2) is 49.3 Å². The van der Waals surface area contributed by atoms with Gasteiger partial charge in [-0.3, -0.25) is 9.69 Å². The van der Waals surface area contributed by atoms with Crippen LogP contribution in [-0.2, 0) is 4.79 Å². The molecule has 0 unspecified atom stereocenters. The number of nitrogens with zero attached hydrogens (tertiary/aromatic N) is 2. The molecule has 1 aliphatic carbocycles. The Bertz CT molecular complexity index is 944. The zero-order valence-electron chi connectivity index (χ0n) is 21.0. The Labute approximate surface area is 215 Å². The number of nitrogens with one attached hydrogen (secondary N) is 1. The molecule has 0 radical (unpaired) electrons. The first-order valence-corrected chi connectivity index (χ1v) is 14.8. The van der Waals surface area contributed by atoms with Gasteiger partial charge in [0.25, 0.3) is 0 Å². The van der Waals surface area contributed by atoms with Crippen molar-refractivity contribution in [2.24, 2.45) is 11.8 Å². The minimum absolute atomic E-state index is 0.194. The summed E-state index contributed by atoms with van der Waals surface area (Å²) < 4.78 is 0. The standard InChI is InChI=1S/C30H41N3OS/c34-29(17-5-2-10-18-32-19-21-33(22-20-32)25-12-3-1-4-13-25)31-30-26-14-7-6-11-24(26)23-35-28-16-9-8-15-27(28)30/h1,3-4,8-9,12-13,15-16,24,26,30H,2,5-7,10-11,14,17-23H2,(H,31,34)/t24-,26+,30+/m0/s1. The van der Waals surface area contributed by atoms with Crippen molar-refractivity contribution in [3.8, 4) is 0 Å². The maximum atomic E-state index is 13.0. The average Bonchev–Trinajstić information content (AvgIpc) is 3.07. The molecule has 0 aromatic heterocycles. The van der Waals surface area contributed by atoms with Crippen molar-refractivity contribution < 1.29 is 4.79 Å². The molecule has 2 heterocycles. The van der Waals surface area contributed by atoms with E-state index in [0.29, 0.717) is 12.3 Å². The van der Waals surface area contributed by atoms with Gasteiger partial charge in [-0.05, 0) is 67.8 Å². The van der Waals surface area contributed by atoms with Crippen LogP contribution in [0.4, 0.5) is 5.69 Å². The first-order valence-electron chi connectivity index (χ1n) is 13.8. The number of carbonyl (C=O) groups is 1. The molecule has 1 amide bonds. The molecule has 1 saturated heterocycles. The highest BCUT2D eigenvalue weighted by molar-refractivity contribution is 7.99. The zero-order chi connectivity index (χ0) is 23.9. The van der Waals surface area contributed by atoms with E-state index in [2.05, 4.69) is 69.7 Å². The quantitative estimate of drug-likeness (QED) is 0.450. The summed E-state index contributed by atoms with van der Waals surface area (Å²) in [6, 6.07) is 19.7. The lowest BCUT2D eigenvalue weighted by atomic mass is 9.74. The molecule has 2 aromatic rings. The fraction of sp³-hybridized carbons (Fsp3) is 0.567. The third-order valence-electron chi connectivity index (χ3n) is 8.29. The predicted molar refractivity (Wildman–Crippen MR) is 147 cm³/mol. The van der Waals surface area contributed by atoms with Gasteiger partial charge in [-0.25, -0.2) is 0 Å². The lowest BCUT2D eigenvalue weighted by molar-refractivity contribution is -0.122. The lowest BCUT2D eigenvalue weighted by Gasteiger charge is -2.36. The van der Waals surface area contributed by atoms with E-state index in [1.165, 1.54) is 54.0 Å². The average molecular weight is 492 g/mol. The number of benzene rings is 2. The topological polar surface area (TPSA) is 35.6 Å². The van der Waals surface area contributed by atoms with E-state index in [1.807, 2.05) is 11.8 Å². The normalized spacial score (nSPS) is 24.8. The third kappa shape index (κ3) is 6.42. The van der Waals surface area contributed by atoms with Crippen molar-refractivity contribution in [1.82, 2.24) is 10.2 Å². The Balaban J connectivity index is 1.04. The number of hydrogen-bond donors (Lipinski definition) is 1. The summed E-state index contributed by atoms with van der Waals surface area (Å²) in [5.41, 5.74) is 2.70. The Morgan fingerprint density at radius 3 is 2.51 bits per heavy atom. The molecule has 3 aliphatic rings. The highest BCUT2D eigenvalue weighted by atomic mass is 32.2. The van der Waals surface area contributed by atoms with E-state index in [9.17, 15) is 4.79 Å². The number of para-hydroxylation sites is 1. The van der Waals surface area contributed by atoms with E-state index in [4.69, 9.17) is 0 Å². The van der Waals surface area contributed by atoms with Gasteiger partial charge in [-0.1, -0.05) is 55.7 Å². The number of anilines is 1. The minimum atomic E-state index is 0.194. The fourth-order valence-electron chi connectivity index (χ4n) is 6.28. The fourth-order valence-corrected chi connectivity index (χ4v) is 7.62. The van der Waals surface area contributed by atoms with Gasteiger partial charge in [0.2, 0.25) is 5.91 Å². The minimum Gasteiger partial charge on any atom is -0.369 e. The molecule has 1 N–H and O–H groups in total. The predicted octanol–water partition coefficient (Wildman–Crippen LogP) is 6.14. The van der Waals surface area contributed by atoms with E-state index in [1.54, 1.807) is 0 Å². The van der Waals surface area contributed by atoms with Crippen LogP contribution in [0.1, 0.15) is 63.0 Å². The summed E-state index contributed by atoms with van der Waals surface area (Å²) in [5, 5.41) is 3.51. The number of fused-ring (bicyclic) bond motifs is 2. The van der Waals surface area contributed by atoms with Gasteiger partial charge in [0.1, 0.15) is 0 Å². The second kappa shape index (κ2) is 12.3. The number of thioether (sulfide) groups is 1. The van der Waals surface area contributed by atoms with Crippen molar-refractivity contribution >= 4 is 23.4 Å². The third-order valence-corrected chi connectivity index (χ3v) is 9.57. The Morgan fingerprint density at radius 2 is 1.66 bits per heavy atom. The summed E-state index contributed by atoms with van der Waals surface area (Å²) >= 11 is 2.00. The van der Waals surface area contributed by atoms with Crippen LogP contribution in [0.2, 0.25) is 0 Å². The van der Waals surface area contributed by atoms with E-state index in [-0.39, 0.29) is 11.9 Å². The summed E-state index contributed by atoms with van der Waals surface area (Å²) in [6.07, 6.45) is 9.19. The largest absolute Gasteiger partial charge is 0.369 e. The molecule has 1 saturated carbocycles. The van der Waals surface area contributed by atoms with Crippen LogP contribution >= 0.6 is 11.8 Å². The molecule has 35 heavy (non-hydrogen) atoms. The van der Waals surface area contributed by atoms with Gasteiger partial charge < -0.3 is 10.2 Å². The number of hydrogen-bond acceptors (Lipinski definition) is 4. The molecular weight excluding hydrogens is 450 g/mol. The van der Waals surface area contributed by atoms with Crippen LogP contribution in [0.5, 0.6) is 0 Å². The summed E-state index contributed by atoms with van der Waals surface area (Å²) in [6.45, 7) is 5.64. The van der Waals surface area contributed by atoms with Crippen molar-refractivity contribution in [2.75, 3.05) is 43.4 Å². The first kappa shape index (κ1) is 24.7. The van der Waals surface area contributed by atoms with Crippen LogP contribution in [0.3, 0.4) is 0 Å². The summed E-state index contributed by atoms with van der Waals surface area (Å²) in [4.78, 5) is 19.5. The summed E-state index contributed by atoms with van der Waals surface area (Å²) in [7, 11) is 0. The lowest BCUT2D eigenvalue weighted by Crippen LogP contribution is -2.46. The monoisotopic (exact) mass is 491 g/mol. The van der Waals surface area contributed by atoms with Crippen LogP contribution in [0, 0.1) is 11.8 Å². The van der Waals surface area contributed by atoms with E-state index < -0.39 is 0 Å². The van der Waals surface area contributed by atoms with E-state index in [0.717, 1.165) is 51.5 Å². The zero-order valence-corrected chi connectivity index (χ0v) is 21.9. The van der Waals surface area contributed by atoms with Gasteiger partial charge in [0.15, 0.2) is 0 Å². The SMILES string of the molecule is O=C(CCCCCN1CCN(c2ccccc2)CC1)N[C@H]1c2ccccc2SC[C@@H]2CCCC[C@H]21. The second-order valence-electron chi connectivity index (χ2n) is 10.6. The Morgan fingerprint density at radius 1 is 0.886 bits per heavy atom. The summed E-state index contributed by atoms with van der Waals surface area (Å²) in [5.74, 6) is 2.78.